The summed E-state index contributed by atoms with van der Waals surface area (Å²) in [6.07, 6.45) is 16.2. The molecule has 51 heavy (non-hydrogen) atoms. The van der Waals surface area contributed by atoms with Gasteiger partial charge >= 0.3 is 5.97 Å². The van der Waals surface area contributed by atoms with Crippen LogP contribution in [0.3, 0.4) is 0 Å². The van der Waals surface area contributed by atoms with E-state index in [0.717, 1.165) is 62.9 Å². The molecule has 0 aromatic carbocycles. The van der Waals surface area contributed by atoms with Gasteiger partial charge in [-0.2, -0.15) is 12.6 Å². The Hall–Kier alpha value is -0.830. The van der Waals surface area contributed by atoms with Gasteiger partial charge < -0.3 is 24.4 Å². The number of ether oxygens (including phenoxy) is 3. The first-order chi connectivity index (χ1) is 24.4. The molecule has 5 N–H and O–H groups in total. The largest absolute Gasteiger partial charge is 0.470 e. The second-order valence-corrected chi connectivity index (χ2v) is 17.2. The number of rotatable bonds is 15. The summed E-state index contributed by atoms with van der Waals surface area (Å²) in [5.74, 6) is 5.68. The Bertz CT molecular complexity index is 1060. The van der Waals surface area contributed by atoms with Crippen LogP contribution in [0.5, 0.6) is 0 Å². The van der Waals surface area contributed by atoms with Gasteiger partial charge in [-0.1, -0.05) is 47.0 Å². The average Bonchev–Trinajstić information content (AvgIpc) is 3.45. The van der Waals surface area contributed by atoms with E-state index >= 15 is 0 Å². The van der Waals surface area contributed by atoms with Gasteiger partial charge in [0, 0.05) is 24.5 Å². The van der Waals surface area contributed by atoms with Crippen LogP contribution in [0.4, 0.5) is 0 Å². The summed E-state index contributed by atoms with van der Waals surface area (Å²) in [4.78, 5) is 16.5. The van der Waals surface area contributed by atoms with Crippen molar-refractivity contribution >= 4 is 30.4 Å². The van der Waals surface area contributed by atoms with Gasteiger partial charge in [-0.15, -0.1) is 11.8 Å². The summed E-state index contributed by atoms with van der Waals surface area (Å²) in [6, 6.07) is 0. The minimum Gasteiger partial charge on any atom is -0.470 e. The van der Waals surface area contributed by atoms with E-state index in [1.165, 1.54) is 36.6 Å². The molecule has 6 unspecified atom stereocenters. The van der Waals surface area contributed by atoms with Crippen molar-refractivity contribution in [2.75, 3.05) is 31.3 Å². The second kappa shape index (κ2) is 24.6. The molecule has 2 aliphatic carbocycles. The summed E-state index contributed by atoms with van der Waals surface area (Å²) < 4.78 is 16.9. The molecule has 0 radical (unpaired) electrons. The molecule has 0 amide bonds. The number of hydrogen-bond acceptors (Lipinski definition) is 12. The van der Waals surface area contributed by atoms with Crippen LogP contribution < -0.4 is 0 Å². The van der Waals surface area contributed by atoms with Crippen molar-refractivity contribution in [3.63, 3.8) is 0 Å². The number of aliphatic hydroxyl groups is 2. The Morgan fingerprint density at radius 2 is 1.78 bits per heavy atom. The van der Waals surface area contributed by atoms with Crippen LogP contribution in [-0.2, 0) is 23.9 Å². The van der Waals surface area contributed by atoms with Crippen LogP contribution in [0.15, 0.2) is 23.7 Å². The number of esters is 1. The molecule has 306 valence electrons. The van der Waals surface area contributed by atoms with Crippen LogP contribution in [0.2, 0.25) is 0 Å². The molecule has 4 aliphatic rings. The highest BCUT2D eigenvalue weighted by molar-refractivity contribution is 7.99. The molecular formula is C39H78O10S2. The normalized spacial score (nSPS) is 32.2. The van der Waals surface area contributed by atoms with Gasteiger partial charge in [0.05, 0.1) is 31.7 Å². The van der Waals surface area contributed by atoms with Crippen LogP contribution in [-0.4, -0.2) is 74.5 Å². The van der Waals surface area contributed by atoms with Crippen molar-refractivity contribution in [2.45, 2.75) is 130 Å². The lowest BCUT2D eigenvalue weighted by atomic mass is 9.63. The van der Waals surface area contributed by atoms with Gasteiger partial charge in [0.2, 0.25) is 0 Å². The van der Waals surface area contributed by atoms with Crippen molar-refractivity contribution in [1.82, 2.24) is 0 Å². The molecule has 3 fully saturated rings. The van der Waals surface area contributed by atoms with Crippen molar-refractivity contribution in [1.29, 1.82) is 0 Å². The number of hydrogen-bond donors (Lipinski definition) is 6. The third-order valence-electron chi connectivity index (χ3n) is 12.0. The molecule has 2 heterocycles. The molecule has 1 saturated heterocycles. The predicted octanol–water partition coefficient (Wildman–Crippen LogP) is 9.88. The van der Waals surface area contributed by atoms with Gasteiger partial charge in [0.25, 0.3) is 0 Å². The van der Waals surface area contributed by atoms with Gasteiger partial charge in [-0.25, -0.2) is 10.1 Å². The quantitative estimate of drug-likeness (QED) is 0.0235. The Morgan fingerprint density at radius 1 is 1.08 bits per heavy atom. The van der Waals surface area contributed by atoms with E-state index in [2.05, 4.69) is 51.3 Å². The third-order valence-corrected chi connectivity index (χ3v) is 13.5. The molecule has 0 bridgehead atoms. The van der Waals surface area contributed by atoms with E-state index in [4.69, 9.17) is 30.0 Å². The lowest BCUT2D eigenvalue weighted by molar-refractivity contribution is -0.399. The number of aliphatic hydroxyl groups excluding tert-OH is 2. The summed E-state index contributed by atoms with van der Waals surface area (Å²) in [5, 5.41) is 41.3. The molecule has 0 spiro atoms. The summed E-state index contributed by atoms with van der Waals surface area (Å²) in [5.41, 5.74) is 0.864. The lowest BCUT2D eigenvalue weighted by Gasteiger charge is -2.43. The van der Waals surface area contributed by atoms with Gasteiger partial charge in [0.15, 0.2) is 5.79 Å². The highest BCUT2D eigenvalue weighted by Gasteiger charge is 2.44. The predicted molar refractivity (Wildman–Crippen MR) is 215 cm³/mol. The Balaban J connectivity index is -0.000000944. The first kappa shape index (κ1) is 46.3. The average molecular weight is 771 g/mol. The van der Waals surface area contributed by atoms with Crippen LogP contribution in [0.25, 0.3) is 0 Å². The number of fused-ring (bicyclic) bond motifs is 2. The number of thiol groups is 1. The standard InChI is InChI=1S/C24H40O4S2.C15H28O4.H2O2.4H2/c1-17-8-10-21(22-16-28-18(2)9-11-20(17)22)19(3)24(26)30-15-12-23(25)27-13-6-4-5-7-14-29;1-10-4-5-12(11(2)8-16)14-9-18-15(3,19-17)7-6-13(10)14;1-2;;;;/h9,16-17,19-21,24,26,29H,4-8,10-15H2,1-3H3;10-14,16-17H,4-9H2,1-3H3;1-2H;4*1H/t17-,19-,20?,21?,24?;10-,11+,12?,13?,14?,15-;;;;;/m11...../s1. The van der Waals surface area contributed by atoms with E-state index in [0.29, 0.717) is 72.7 Å². The number of unbranched alkanes of at least 4 members (excludes halogenated alkanes) is 3. The first-order valence-electron chi connectivity index (χ1n) is 19.3. The van der Waals surface area contributed by atoms with Gasteiger partial charge in [0.1, 0.15) is 5.44 Å². The van der Waals surface area contributed by atoms with Crippen molar-refractivity contribution in [3.05, 3.63) is 23.7 Å². The van der Waals surface area contributed by atoms with Crippen molar-refractivity contribution in [3.8, 4) is 0 Å². The maximum Gasteiger partial charge on any atom is 0.306 e. The Kier molecular flexibility index (Phi) is 22.3. The Labute approximate surface area is 323 Å². The minimum absolute atomic E-state index is 0. The molecule has 10 nitrogen and oxygen atoms in total. The van der Waals surface area contributed by atoms with Crippen LogP contribution >= 0.6 is 24.4 Å². The topological polar surface area (TPSA) is 155 Å². The number of carbonyl (C=O) groups is 1. The summed E-state index contributed by atoms with van der Waals surface area (Å²) in [7, 11) is 0. The highest BCUT2D eigenvalue weighted by atomic mass is 32.2. The molecule has 0 aromatic heterocycles. The molecule has 11 atom stereocenters. The van der Waals surface area contributed by atoms with Crippen molar-refractivity contribution in [2.24, 2.45) is 53.3 Å². The molecular weight excluding hydrogens is 693 g/mol. The van der Waals surface area contributed by atoms with Crippen molar-refractivity contribution < 1.29 is 55.6 Å². The fourth-order valence-corrected chi connectivity index (χ4v) is 9.76. The zero-order valence-electron chi connectivity index (χ0n) is 32.1. The fourth-order valence-electron chi connectivity index (χ4n) is 8.52. The first-order valence-corrected chi connectivity index (χ1v) is 21.0. The lowest BCUT2D eigenvalue weighted by Crippen LogP contribution is -2.39. The maximum absolute atomic E-state index is 11.9. The molecule has 2 saturated carbocycles. The zero-order chi connectivity index (χ0) is 38.0. The van der Waals surface area contributed by atoms with Crippen LogP contribution in [0, 0.1) is 53.3 Å². The molecule has 12 heteroatoms. The monoisotopic (exact) mass is 771 g/mol. The fraction of sp³-hybridized carbons (Fsp3) is 0.872. The Morgan fingerprint density at radius 3 is 2.47 bits per heavy atom. The maximum atomic E-state index is 11.9. The second-order valence-electron chi connectivity index (χ2n) is 15.6. The summed E-state index contributed by atoms with van der Waals surface area (Å²) in [6.45, 7) is 14.1. The molecule has 0 aromatic rings. The SMILES string of the molecule is CC1=CCC2C(=CO1)C([C@@H](C)C(O)SCCC(=O)OCCCCCCS)CC[C@H]2C.C[C@@H]1CCC([C@@H](C)CO)C2CO[C@](C)(OO)CCC21.OO.[HH].[HH].[HH].[HH]. The molecule has 4 rings (SSSR count). The molecule has 2 aliphatic heterocycles. The highest BCUT2D eigenvalue weighted by Crippen LogP contribution is 2.48. The smallest absolute Gasteiger partial charge is 0.306 e. The van der Waals surface area contributed by atoms with E-state index < -0.39 is 11.2 Å². The minimum atomic E-state index is -0.857. The van der Waals surface area contributed by atoms with Gasteiger partial charge in [-0.3, -0.25) is 15.3 Å². The van der Waals surface area contributed by atoms with E-state index in [1.807, 2.05) is 13.2 Å². The third kappa shape index (κ3) is 14.7. The zero-order valence-corrected chi connectivity index (χ0v) is 33.8. The number of allylic oxidation sites excluding steroid dienone is 3. The summed E-state index contributed by atoms with van der Waals surface area (Å²) >= 11 is 5.66. The number of thioether (sulfide) groups is 1. The number of carbonyl (C=O) groups excluding carboxylic acids is 1. The van der Waals surface area contributed by atoms with Crippen LogP contribution in [0.1, 0.15) is 124 Å². The van der Waals surface area contributed by atoms with E-state index in [1.54, 1.807) is 6.92 Å². The van der Waals surface area contributed by atoms with Gasteiger partial charge in [-0.05, 0) is 129 Å². The van der Waals surface area contributed by atoms with E-state index in [9.17, 15) is 15.0 Å². The van der Waals surface area contributed by atoms with E-state index in [-0.39, 0.29) is 24.2 Å².